The molecule has 2 aromatic rings. The fourth-order valence-electron chi connectivity index (χ4n) is 2.18. The number of thiazole rings is 1. The van der Waals surface area contributed by atoms with Gasteiger partial charge in [-0.1, -0.05) is 0 Å². The molecule has 0 aliphatic rings. The number of likely N-dealkylation sites (N-methyl/N-ethyl adjacent to an activating group) is 1. The maximum Gasteiger partial charge on any atom is 0.228 e. The molecule has 0 aromatic carbocycles. The monoisotopic (exact) mass is 295 g/mol. The van der Waals surface area contributed by atoms with Crippen molar-refractivity contribution in [3.63, 3.8) is 0 Å². The Balaban J connectivity index is 2.13. The van der Waals surface area contributed by atoms with Crippen LogP contribution in [-0.2, 0) is 11.2 Å². The molecule has 0 spiro atoms. The van der Waals surface area contributed by atoms with Gasteiger partial charge in [0.05, 0.1) is 17.7 Å². The van der Waals surface area contributed by atoms with Gasteiger partial charge in [-0.25, -0.2) is 4.98 Å². The minimum Gasteiger partial charge on any atom is -0.389 e. The van der Waals surface area contributed by atoms with Crippen LogP contribution in [0.5, 0.6) is 0 Å². The van der Waals surface area contributed by atoms with Gasteiger partial charge in [-0.15, -0.1) is 11.3 Å². The molecule has 1 N–H and O–H groups in total. The lowest BCUT2D eigenvalue weighted by Gasteiger charge is -2.28. The first-order chi connectivity index (χ1) is 9.30. The molecule has 20 heavy (non-hydrogen) atoms. The van der Waals surface area contributed by atoms with Crippen molar-refractivity contribution >= 4 is 22.2 Å². The molecule has 110 valence electrons. The van der Waals surface area contributed by atoms with Gasteiger partial charge in [0, 0.05) is 30.4 Å². The largest absolute Gasteiger partial charge is 0.389 e. The van der Waals surface area contributed by atoms with Gasteiger partial charge >= 0.3 is 0 Å². The lowest BCUT2D eigenvalue weighted by atomic mass is 10.1. The van der Waals surface area contributed by atoms with Gasteiger partial charge in [0.2, 0.25) is 5.91 Å². The molecule has 0 radical (unpaired) electrons. The van der Waals surface area contributed by atoms with E-state index in [9.17, 15) is 9.90 Å². The van der Waals surface area contributed by atoms with Crippen molar-refractivity contribution in [2.24, 2.45) is 0 Å². The van der Waals surface area contributed by atoms with Crippen molar-refractivity contribution in [3.05, 3.63) is 23.0 Å². The van der Waals surface area contributed by atoms with Gasteiger partial charge in [-0.3, -0.25) is 9.20 Å². The normalized spacial score (nSPS) is 12.1. The molecule has 0 aliphatic carbocycles. The highest BCUT2D eigenvalue weighted by Gasteiger charge is 2.22. The number of nitrogens with zero attached hydrogens (tertiary/aromatic N) is 3. The molecule has 5 nitrogen and oxygen atoms in total. The molecule has 2 aromatic heterocycles. The molecule has 1 amide bonds. The van der Waals surface area contributed by atoms with Gasteiger partial charge in [0.25, 0.3) is 0 Å². The maximum absolute atomic E-state index is 12.4. The second-order valence-electron chi connectivity index (χ2n) is 5.66. The van der Waals surface area contributed by atoms with Crippen LogP contribution < -0.4 is 0 Å². The van der Waals surface area contributed by atoms with Crippen LogP contribution in [0, 0.1) is 6.92 Å². The first-order valence-corrected chi connectivity index (χ1v) is 7.60. The van der Waals surface area contributed by atoms with E-state index in [4.69, 9.17) is 0 Å². The Morgan fingerprint density at radius 1 is 1.55 bits per heavy atom. The molecule has 2 rings (SSSR count). The Hall–Kier alpha value is -1.40. The first kappa shape index (κ1) is 15.0. The SMILES string of the molecule is CCN(CC(C)(C)O)C(=O)Cc1csc2nc(C)cn12. The van der Waals surface area contributed by atoms with Crippen LogP contribution >= 0.6 is 11.3 Å². The predicted octanol–water partition coefficient (Wildman–Crippen LogP) is 1.87. The Bertz CT molecular complexity index is 609. The Morgan fingerprint density at radius 3 is 2.85 bits per heavy atom. The fourth-order valence-corrected chi connectivity index (χ4v) is 3.10. The molecule has 0 atom stereocenters. The van der Waals surface area contributed by atoms with E-state index in [0.29, 0.717) is 19.5 Å². The van der Waals surface area contributed by atoms with Gasteiger partial charge in [0.1, 0.15) is 0 Å². The summed E-state index contributed by atoms with van der Waals surface area (Å²) in [6, 6.07) is 0. The molecule has 6 heteroatoms. The second kappa shape index (κ2) is 5.54. The van der Waals surface area contributed by atoms with Crippen molar-refractivity contribution in [2.45, 2.75) is 39.7 Å². The standard InChI is InChI=1S/C14H21N3O2S/c1-5-16(9-14(3,4)19)12(18)6-11-8-20-13-15-10(2)7-17(11)13/h7-8,19H,5-6,9H2,1-4H3. The summed E-state index contributed by atoms with van der Waals surface area (Å²) in [6.07, 6.45) is 2.28. The minimum absolute atomic E-state index is 0.0284. The molecular formula is C14H21N3O2S. The third-order valence-electron chi connectivity index (χ3n) is 3.05. The van der Waals surface area contributed by atoms with Crippen LogP contribution in [0.4, 0.5) is 0 Å². The Morgan fingerprint density at radius 2 is 2.25 bits per heavy atom. The summed E-state index contributed by atoms with van der Waals surface area (Å²) in [7, 11) is 0. The lowest BCUT2D eigenvalue weighted by Crippen LogP contribution is -2.42. The summed E-state index contributed by atoms with van der Waals surface area (Å²) < 4.78 is 1.97. The summed E-state index contributed by atoms with van der Waals surface area (Å²) >= 11 is 1.54. The molecular weight excluding hydrogens is 274 g/mol. The summed E-state index contributed by atoms with van der Waals surface area (Å²) in [5.74, 6) is 0.0284. The number of hydrogen-bond donors (Lipinski definition) is 1. The highest BCUT2D eigenvalue weighted by molar-refractivity contribution is 7.15. The van der Waals surface area contributed by atoms with E-state index in [2.05, 4.69) is 4.98 Å². The van der Waals surface area contributed by atoms with E-state index in [1.54, 1.807) is 30.1 Å². The predicted molar refractivity (Wildman–Crippen MR) is 80.1 cm³/mol. The molecule has 0 unspecified atom stereocenters. The van der Waals surface area contributed by atoms with E-state index in [-0.39, 0.29) is 5.91 Å². The average molecular weight is 295 g/mol. The topological polar surface area (TPSA) is 57.8 Å². The Labute approximate surface area is 122 Å². The number of hydrogen-bond acceptors (Lipinski definition) is 4. The van der Waals surface area contributed by atoms with Crippen LogP contribution in [0.25, 0.3) is 4.96 Å². The van der Waals surface area contributed by atoms with Crippen LogP contribution in [0.2, 0.25) is 0 Å². The zero-order valence-electron chi connectivity index (χ0n) is 12.4. The Kier molecular flexibility index (Phi) is 4.15. The number of aryl methyl sites for hydroxylation is 1. The fraction of sp³-hybridized carbons (Fsp3) is 0.571. The molecule has 0 saturated heterocycles. The van der Waals surface area contributed by atoms with Gasteiger partial charge in [0.15, 0.2) is 4.96 Å². The average Bonchev–Trinajstić information content (AvgIpc) is 2.85. The van der Waals surface area contributed by atoms with Crippen molar-refractivity contribution < 1.29 is 9.90 Å². The van der Waals surface area contributed by atoms with Crippen LogP contribution in [0.15, 0.2) is 11.6 Å². The second-order valence-corrected chi connectivity index (χ2v) is 6.50. The number of imidazole rings is 1. The van der Waals surface area contributed by atoms with E-state index in [0.717, 1.165) is 16.3 Å². The van der Waals surface area contributed by atoms with Crippen LogP contribution in [0.1, 0.15) is 32.2 Å². The van der Waals surface area contributed by atoms with Crippen LogP contribution in [-0.4, -0.2) is 44.0 Å². The molecule has 0 bridgehead atoms. The van der Waals surface area contributed by atoms with E-state index in [1.807, 2.05) is 29.8 Å². The zero-order chi connectivity index (χ0) is 14.9. The lowest BCUT2D eigenvalue weighted by molar-refractivity contribution is -0.133. The number of rotatable bonds is 5. The highest BCUT2D eigenvalue weighted by atomic mass is 32.1. The summed E-state index contributed by atoms with van der Waals surface area (Å²) in [5, 5.41) is 11.8. The number of amides is 1. The number of aromatic nitrogens is 2. The molecule has 0 fully saturated rings. The summed E-state index contributed by atoms with van der Waals surface area (Å²) in [5.41, 5.74) is 1.03. The number of carbonyl (C=O) groups excluding carboxylic acids is 1. The van der Waals surface area contributed by atoms with Crippen molar-refractivity contribution in [2.75, 3.05) is 13.1 Å². The maximum atomic E-state index is 12.4. The third-order valence-corrected chi connectivity index (χ3v) is 3.94. The summed E-state index contributed by atoms with van der Waals surface area (Å²) in [4.78, 5) is 19.3. The quantitative estimate of drug-likeness (QED) is 0.916. The molecule has 0 aliphatic heterocycles. The molecule has 0 saturated carbocycles. The van der Waals surface area contributed by atoms with Crippen molar-refractivity contribution in [1.82, 2.24) is 14.3 Å². The molecule has 2 heterocycles. The van der Waals surface area contributed by atoms with Gasteiger partial charge in [-0.2, -0.15) is 0 Å². The van der Waals surface area contributed by atoms with E-state index >= 15 is 0 Å². The van der Waals surface area contributed by atoms with Crippen molar-refractivity contribution in [3.8, 4) is 0 Å². The third kappa shape index (κ3) is 3.37. The number of aliphatic hydroxyl groups is 1. The number of fused-ring (bicyclic) bond motifs is 1. The van der Waals surface area contributed by atoms with Crippen LogP contribution in [0.3, 0.4) is 0 Å². The minimum atomic E-state index is -0.874. The van der Waals surface area contributed by atoms with E-state index < -0.39 is 5.60 Å². The smallest absolute Gasteiger partial charge is 0.228 e. The van der Waals surface area contributed by atoms with Gasteiger partial charge in [-0.05, 0) is 27.7 Å². The van der Waals surface area contributed by atoms with Crippen molar-refractivity contribution in [1.29, 1.82) is 0 Å². The zero-order valence-corrected chi connectivity index (χ0v) is 13.2. The van der Waals surface area contributed by atoms with Gasteiger partial charge < -0.3 is 10.0 Å². The highest BCUT2D eigenvalue weighted by Crippen LogP contribution is 2.18. The summed E-state index contributed by atoms with van der Waals surface area (Å²) in [6.45, 7) is 8.24. The number of carbonyl (C=O) groups is 1. The van der Waals surface area contributed by atoms with E-state index in [1.165, 1.54) is 0 Å². The first-order valence-electron chi connectivity index (χ1n) is 6.72.